The second-order valence-corrected chi connectivity index (χ2v) is 3.16. The molecular formula is C7H9BrN2O2. The average Bonchev–Trinajstić information content (AvgIpc) is 2.47. The van der Waals surface area contributed by atoms with E-state index < -0.39 is 0 Å². The molecule has 4 nitrogen and oxygen atoms in total. The SMILES string of the molecule is COC(=O)CCn1cc(Br)cn1. The molecule has 0 N–H and O–H groups in total. The van der Waals surface area contributed by atoms with E-state index >= 15 is 0 Å². The quantitative estimate of drug-likeness (QED) is 0.737. The Morgan fingerprint density at radius 1 is 1.83 bits per heavy atom. The topological polar surface area (TPSA) is 44.1 Å². The molecule has 1 rings (SSSR count). The van der Waals surface area contributed by atoms with Crippen LogP contribution >= 0.6 is 15.9 Å². The summed E-state index contributed by atoms with van der Waals surface area (Å²) in [5.41, 5.74) is 0. The second kappa shape index (κ2) is 4.25. The maximum atomic E-state index is 10.7. The highest BCUT2D eigenvalue weighted by molar-refractivity contribution is 9.10. The summed E-state index contributed by atoms with van der Waals surface area (Å²) in [7, 11) is 1.38. The number of carbonyl (C=O) groups is 1. The van der Waals surface area contributed by atoms with Gasteiger partial charge in [0.25, 0.3) is 0 Å². The molecule has 0 saturated carbocycles. The number of halogens is 1. The molecule has 5 heteroatoms. The summed E-state index contributed by atoms with van der Waals surface area (Å²) < 4.78 is 7.08. The van der Waals surface area contributed by atoms with Gasteiger partial charge in [0.1, 0.15) is 0 Å². The second-order valence-electron chi connectivity index (χ2n) is 2.25. The summed E-state index contributed by atoms with van der Waals surface area (Å²) >= 11 is 3.26. The molecule has 0 saturated heterocycles. The van der Waals surface area contributed by atoms with Crippen LogP contribution in [0, 0.1) is 0 Å². The van der Waals surface area contributed by atoms with E-state index in [0.29, 0.717) is 13.0 Å². The van der Waals surface area contributed by atoms with Crippen LogP contribution in [-0.2, 0) is 16.1 Å². The first kappa shape index (κ1) is 9.25. The van der Waals surface area contributed by atoms with Crippen molar-refractivity contribution in [2.75, 3.05) is 7.11 Å². The van der Waals surface area contributed by atoms with Gasteiger partial charge in [0.2, 0.25) is 0 Å². The maximum absolute atomic E-state index is 10.7. The first-order valence-corrected chi connectivity index (χ1v) is 4.26. The number of esters is 1. The number of nitrogens with zero attached hydrogens (tertiary/aromatic N) is 2. The number of rotatable bonds is 3. The van der Waals surface area contributed by atoms with Gasteiger partial charge in [0, 0.05) is 6.20 Å². The predicted molar refractivity (Wildman–Crippen MR) is 46.6 cm³/mol. The van der Waals surface area contributed by atoms with Gasteiger partial charge in [-0.05, 0) is 15.9 Å². The lowest BCUT2D eigenvalue weighted by molar-refractivity contribution is -0.140. The molecule has 0 spiro atoms. The Labute approximate surface area is 78.6 Å². The van der Waals surface area contributed by atoms with Gasteiger partial charge in [-0.3, -0.25) is 9.48 Å². The maximum Gasteiger partial charge on any atom is 0.307 e. The minimum atomic E-state index is -0.221. The van der Waals surface area contributed by atoms with E-state index in [2.05, 4.69) is 25.8 Å². The number of ether oxygens (including phenoxy) is 1. The highest BCUT2D eigenvalue weighted by Crippen LogP contribution is 2.06. The third-order valence-electron chi connectivity index (χ3n) is 1.37. The van der Waals surface area contributed by atoms with Gasteiger partial charge in [-0.1, -0.05) is 0 Å². The van der Waals surface area contributed by atoms with Crippen LogP contribution in [0.25, 0.3) is 0 Å². The van der Waals surface area contributed by atoms with Crippen LogP contribution in [-0.4, -0.2) is 22.9 Å². The Kier molecular flexibility index (Phi) is 3.28. The highest BCUT2D eigenvalue weighted by Gasteiger charge is 2.01. The van der Waals surface area contributed by atoms with E-state index in [0.717, 1.165) is 4.47 Å². The van der Waals surface area contributed by atoms with Crippen LogP contribution in [0.15, 0.2) is 16.9 Å². The number of methoxy groups -OCH3 is 1. The zero-order valence-corrected chi connectivity index (χ0v) is 8.24. The van der Waals surface area contributed by atoms with E-state index in [4.69, 9.17) is 0 Å². The van der Waals surface area contributed by atoms with Crippen LogP contribution in [0.4, 0.5) is 0 Å². The number of hydrogen-bond acceptors (Lipinski definition) is 3. The first-order valence-electron chi connectivity index (χ1n) is 3.47. The molecule has 0 atom stereocenters. The van der Waals surface area contributed by atoms with Gasteiger partial charge in [-0.2, -0.15) is 5.10 Å². The molecule has 1 aromatic rings. The predicted octanol–water partition coefficient (Wildman–Crippen LogP) is 1.21. The molecule has 66 valence electrons. The molecule has 0 fully saturated rings. The Balaban J connectivity index is 2.38. The lowest BCUT2D eigenvalue weighted by Gasteiger charge is -1.98. The fourth-order valence-corrected chi connectivity index (χ4v) is 1.10. The van der Waals surface area contributed by atoms with Crippen LogP contribution in [0.5, 0.6) is 0 Å². The van der Waals surface area contributed by atoms with Gasteiger partial charge in [-0.25, -0.2) is 0 Å². The van der Waals surface area contributed by atoms with Crippen LogP contribution in [0.3, 0.4) is 0 Å². The molecular weight excluding hydrogens is 224 g/mol. The molecule has 0 unspecified atom stereocenters. The smallest absolute Gasteiger partial charge is 0.307 e. The molecule has 0 aliphatic carbocycles. The number of aromatic nitrogens is 2. The van der Waals surface area contributed by atoms with Gasteiger partial charge >= 0.3 is 5.97 Å². The summed E-state index contributed by atoms with van der Waals surface area (Å²) in [6.45, 7) is 0.554. The highest BCUT2D eigenvalue weighted by atomic mass is 79.9. The van der Waals surface area contributed by atoms with Crippen molar-refractivity contribution in [3.05, 3.63) is 16.9 Å². The molecule has 1 aromatic heterocycles. The standard InChI is InChI=1S/C7H9BrN2O2/c1-12-7(11)2-3-10-5-6(8)4-9-10/h4-5H,2-3H2,1H3. The van der Waals surface area contributed by atoms with E-state index in [9.17, 15) is 4.79 Å². The average molecular weight is 233 g/mol. The van der Waals surface area contributed by atoms with Crippen molar-refractivity contribution < 1.29 is 9.53 Å². The third kappa shape index (κ3) is 2.65. The van der Waals surface area contributed by atoms with Crippen LogP contribution < -0.4 is 0 Å². The Morgan fingerprint density at radius 3 is 3.08 bits per heavy atom. The van der Waals surface area contributed by atoms with Crippen molar-refractivity contribution in [1.82, 2.24) is 9.78 Å². The lowest BCUT2D eigenvalue weighted by Crippen LogP contribution is -2.06. The van der Waals surface area contributed by atoms with Crippen molar-refractivity contribution in [3.63, 3.8) is 0 Å². The third-order valence-corrected chi connectivity index (χ3v) is 1.78. The van der Waals surface area contributed by atoms with E-state index in [1.54, 1.807) is 10.9 Å². The monoisotopic (exact) mass is 232 g/mol. The summed E-state index contributed by atoms with van der Waals surface area (Å²) in [6.07, 6.45) is 3.84. The zero-order valence-electron chi connectivity index (χ0n) is 6.66. The van der Waals surface area contributed by atoms with E-state index in [-0.39, 0.29) is 5.97 Å². The molecule has 0 aliphatic rings. The Hall–Kier alpha value is -0.840. The lowest BCUT2D eigenvalue weighted by atomic mass is 10.4. The molecule has 12 heavy (non-hydrogen) atoms. The van der Waals surface area contributed by atoms with Crippen LogP contribution in [0.2, 0.25) is 0 Å². The summed E-state index contributed by atoms with van der Waals surface area (Å²) in [5.74, 6) is -0.221. The molecule has 0 amide bonds. The normalized spacial score (nSPS) is 9.83. The van der Waals surface area contributed by atoms with Crippen molar-refractivity contribution >= 4 is 21.9 Å². The summed E-state index contributed by atoms with van der Waals surface area (Å²) in [6, 6.07) is 0. The molecule has 0 aliphatic heterocycles. The minimum Gasteiger partial charge on any atom is -0.469 e. The van der Waals surface area contributed by atoms with Gasteiger partial charge in [-0.15, -0.1) is 0 Å². The van der Waals surface area contributed by atoms with Crippen molar-refractivity contribution in [1.29, 1.82) is 0 Å². The fraction of sp³-hybridized carbons (Fsp3) is 0.429. The summed E-state index contributed by atoms with van der Waals surface area (Å²) in [5, 5.41) is 3.98. The van der Waals surface area contributed by atoms with E-state index in [1.165, 1.54) is 7.11 Å². The van der Waals surface area contributed by atoms with Gasteiger partial charge in [0.15, 0.2) is 0 Å². The molecule has 1 heterocycles. The summed E-state index contributed by atoms with van der Waals surface area (Å²) in [4.78, 5) is 10.7. The van der Waals surface area contributed by atoms with Gasteiger partial charge in [0.05, 0.1) is 30.7 Å². The molecule has 0 radical (unpaired) electrons. The van der Waals surface area contributed by atoms with Crippen molar-refractivity contribution in [3.8, 4) is 0 Å². The Bertz CT molecular complexity index is 272. The number of hydrogen-bond donors (Lipinski definition) is 0. The van der Waals surface area contributed by atoms with Crippen LogP contribution in [0.1, 0.15) is 6.42 Å². The largest absolute Gasteiger partial charge is 0.469 e. The Morgan fingerprint density at radius 2 is 2.58 bits per heavy atom. The van der Waals surface area contributed by atoms with Gasteiger partial charge < -0.3 is 4.74 Å². The molecule has 0 bridgehead atoms. The number of carbonyl (C=O) groups excluding carboxylic acids is 1. The van der Waals surface area contributed by atoms with E-state index in [1.807, 2.05) is 6.20 Å². The fourth-order valence-electron chi connectivity index (χ4n) is 0.769. The first-order chi connectivity index (χ1) is 5.72. The molecule has 0 aromatic carbocycles. The zero-order chi connectivity index (χ0) is 8.97. The minimum absolute atomic E-state index is 0.221. The van der Waals surface area contributed by atoms with Crippen molar-refractivity contribution in [2.24, 2.45) is 0 Å². The number of aryl methyl sites for hydroxylation is 1. The van der Waals surface area contributed by atoms with Crippen molar-refractivity contribution in [2.45, 2.75) is 13.0 Å².